The molecule has 1 heterocycles. The van der Waals surface area contributed by atoms with Crippen molar-refractivity contribution < 1.29 is 4.42 Å². The van der Waals surface area contributed by atoms with Crippen LogP contribution < -0.4 is 20.5 Å². The summed E-state index contributed by atoms with van der Waals surface area (Å²) >= 11 is 0. The summed E-state index contributed by atoms with van der Waals surface area (Å²) < 4.78 is 6.57. The molecule has 0 fully saturated rings. The van der Waals surface area contributed by atoms with Crippen LogP contribution >= 0.6 is 0 Å². The van der Waals surface area contributed by atoms with E-state index in [1.807, 2.05) is 30.3 Å². The molecule has 3 nitrogen and oxygen atoms in total. The average molecular weight is 770 g/mol. The van der Waals surface area contributed by atoms with Crippen LogP contribution in [-0.4, -0.2) is 13.8 Å². The molecule has 59 heavy (non-hydrogen) atoms. The zero-order chi connectivity index (χ0) is 39.1. The SMILES string of the molecule is c1ccc(-c2nc3ccc4ccc5ccc(-c6ccc(N(c7ccccc7)c7ccc([Si](c8ccccc8)c8ccccc8)cc7)c7ccccc67)cc5c4c3o2)cc1. The van der Waals surface area contributed by atoms with Gasteiger partial charge < -0.3 is 9.32 Å². The van der Waals surface area contributed by atoms with Crippen molar-refractivity contribution in [3.63, 3.8) is 0 Å². The predicted octanol–water partition coefficient (Wildman–Crippen LogP) is 12.6. The fraction of sp³-hybridized carbons (Fsp3) is 0. The number of oxazole rings is 1. The van der Waals surface area contributed by atoms with Crippen LogP contribution in [0.5, 0.6) is 0 Å². The number of hydrogen-bond acceptors (Lipinski definition) is 3. The van der Waals surface area contributed by atoms with E-state index in [1.54, 1.807) is 0 Å². The molecule has 0 saturated heterocycles. The van der Waals surface area contributed by atoms with Crippen molar-refractivity contribution in [3.8, 4) is 22.6 Å². The van der Waals surface area contributed by atoms with Gasteiger partial charge in [-0.05, 0) is 87.3 Å². The van der Waals surface area contributed by atoms with Gasteiger partial charge in [0.05, 0.1) is 5.69 Å². The van der Waals surface area contributed by atoms with E-state index in [0.717, 1.165) is 60.8 Å². The Morgan fingerprint density at radius 2 is 0.966 bits per heavy atom. The topological polar surface area (TPSA) is 29.3 Å². The first-order valence-corrected chi connectivity index (χ1v) is 21.5. The van der Waals surface area contributed by atoms with E-state index in [-0.39, 0.29) is 0 Å². The molecule has 11 aromatic rings. The summed E-state index contributed by atoms with van der Waals surface area (Å²) in [7, 11) is -1.20. The van der Waals surface area contributed by atoms with E-state index in [9.17, 15) is 0 Å². The molecule has 0 unspecified atom stereocenters. The third kappa shape index (κ3) is 6.27. The van der Waals surface area contributed by atoms with Gasteiger partial charge in [0, 0.05) is 27.7 Å². The molecule has 0 spiro atoms. The number of aromatic nitrogens is 1. The highest BCUT2D eigenvalue weighted by molar-refractivity contribution is 6.95. The van der Waals surface area contributed by atoms with Crippen molar-refractivity contribution in [3.05, 3.63) is 224 Å². The molecular weight excluding hydrogens is 733 g/mol. The molecular formula is C55H37N2OSi. The highest BCUT2D eigenvalue weighted by Crippen LogP contribution is 2.43. The van der Waals surface area contributed by atoms with Crippen LogP contribution in [0, 0.1) is 0 Å². The standard InChI is InChI=1S/C55H37N2OSi/c1-5-15-40(16-6-1)55-56-51-35-29-39-27-25-38-26-28-41(37-50(38)53(39)54(51)58-55)47-34-36-52(49-24-14-13-23-48(47)49)57(42-17-7-2-8-18-42)43-30-32-46(33-31-43)59(44-19-9-3-10-20-44)45-21-11-4-12-22-45/h1-37H. The van der Waals surface area contributed by atoms with Crippen molar-refractivity contribution in [2.45, 2.75) is 0 Å². The molecule has 0 aliphatic heterocycles. The molecule has 0 saturated carbocycles. The lowest BCUT2D eigenvalue weighted by Gasteiger charge is -2.28. The summed E-state index contributed by atoms with van der Waals surface area (Å²) in [4.78, 5) is 7.30. The van der Waals surface area contributed by atoms with Crippen LogP contribution in [0.2, 0.25) is 0 Å². The monoisotopic (exact) mass is 769 g/mol. The van der Waals surface area contributed by atoms with Gasteiger partial charge in [0.1, 0.15) is 5.52 Å². The summed E-state index contributed by atoms with van der Waals surface area (Å²) in [5.41, 5.74) is 8.32. The van der Waals surface area contributed by atoms with Gasteiger partial charge in [-0.3, -0.25) is 0 Å². The Morgan fingerprint density at radius 3 is 1.68 bits per heavy atom. The van der Waals surface area contributed by atoms with Gasteiger partial charge in [0.2, 0.25) is 5.89 Å². The minimum atomic E-state index is -1.20. The van der Waals surface area contributed by atoms with E-state index in [1.165, 1.54) is 31.9 Å². The third-order valence-electron chi connectivity index (χ3n) is 11.4. The maximum atomic E-state index is 6.57. The van der Waals surface area contributed by atoms with Gasteiger partial charge in [-0.2, -0.15) is 0 Å². The lowest BCUT2D eigenvalue weighted by Crippen LogP contribution is -2.51. The molecule has 1 radical (unpaired) electrons. The molecule has 0 amide bonds. The maximum absolute atomic E-state index is 6.57. The first-order chi connectivity index (χ1) is 29.3. The first-order valence-electron chi connectivity index (χ1n) is 20.0. The molecule has 0 aliphatic rings. The predicted molar refractivity (Wildman–Crippen MR) is 250 cm³/mol. The van der Waals surface area contributed by atoms with E-state index in [4.69, 9.17) is 9.40 Å². The number of para-hydroxylation sites is 1. The Balaban J connectivity index is 1.04. The summed E-state index contributed by atoms with van der Waals surface area (Å²) in [6, 6.07) is 80.8. The summed E-state index contributed by atoms with van der Waals surface area (Å²) in [6.07, 6.45) is 0. The zero-order valence-corrected chi connectivity index (χ0v) is 33.2. The number of nitrogens with zero attached hydrogens (tertiary/aromatic N) is 2. The van der Waals surface area contributed by atoms with Gasteiger partial charge in [-0.1, -0.05) is 185 Å². The van der Waals surface area contributed by atoms with Gasteiger partial charge in [0.15, 0.2) is 14.4 Å². The van der Waals surface area contributed by atoms with Crippen molar-refractivity contribution in [2.24, 2.45) is 0 Å². The van der Waals surface area contributed by atoms with Gasteiger partial charge >= 0.3 is 0 Å². The molecule has 0 bridgehead atoms. The van der Waals surface area contributed by atoms with E-state index in [2.05, 4.69) is 199 Å². The fourth-order valence-electron chi connectivity index (χ4n) is 8.61. The normalized spacial score (nSPS) is 11.5. The van der Waals surface area contributed by atoms with Crippen LogP contribution in [0.1, 0.15) is 0 Å². The van der Waals surface area contributed by atoms with Crippen LogP contribution in [0.25, 0.3) is 66.0 Å². The summed E-state index contributed by atoms with van der Waals surface area (Å²) in [5, 5.41) is 11.0. The van der Waals surface area contributed by atoms with E-state index in [0.29, 0.717) is 5.89 Å². The number of hydrogen-bond donors (Lipinski definition) is 0. The molecule has 277 valence electrons. The Kier molecular flexibility index (Phi) is 8.68. The number of fused-ring (bicyclic) bond motifs is 6. The molecule has 4 heteroatoms. The van der Waals surface area contributed by atoms with Crippen molar-refractivity contribution >= 4 is 84.8 Å². The second kappa shape index (κ2) is 14.8. The van der Waals surface area contributed by atoms with Crippen molar-refractivity contribution in [1.29, 1.82) is 0 Å². The Morgan fingerprint density at radius 1 is 0.407 bits per heavy atom. The van der Waals surface area contributed by atoms with Gasteiger partial charge in [-0.25, -0.2) is 4.98 Å². The molecule has 0 aliphatic carbocycles. The van der Waals surface area contributed by atoms with E-state index < -0.39 is 8.80 Å². The van der Waals surface area contributed by atoms with Gasteiger partial charge in [0.25, 0.3) is 0 Å². The number of rotatable bonds is 8. The highest BCUT2D eigenvalue weighted by Gasteiger charge is 2.22. The highest BCUT2D eigenvalue weighted by atomic mass is 28.3. The summed E-state index contributed by atoms with van der Waals surface area (Å²) in [6.45, 7) is 0. The lowest BCUT2D eigenvalue weighted by molar-refractivity contribution is 0.623. The summed E-state index contributed by atoms with van der Waals surface area (Å²) in [5.74, 6) is 0.633. The van der Waals surface area contributed by atoms with Crippen molar-refractivity contribution in [2.75, 3.05) is 4.90 Å². The van der Waals surface area contributed by atoms with Crippen molar-refractivity contribution in [1.82, 2.24) is 4.98 Å². The molecule has 10 aromatic carbocycles. The van der Waals surface area contributed by atoms with Crippen LogP contribution in [0.4, 0.5) is 17.1 Å². The average Bonchev–Trinajstić information content (AvgIpc) is 3.76. The molecule has 0 N–H and O–H groups in total. The van der Waals surface area contributed by atoms with Crippen LogP contribution in [0.3, 0.4) is 0 Å². The molecule has 0 atom stereocenters. The molecule has 11 rings (SSSR count). The lowest BCUT2D eigenvalue weighted by atomic mass is 9.93. The minimum Gasteiger partial charge on any atom is -0.435 e. The third-order valence-corrected chi connectivity index (χ3v) is 14.1. The smallest absolute Gasteiger partial charge is 0.227 e. The first kappa shape index (κ1) is 34.7. The Bertz CT molecular complexity index is 3220. The van der Waals surface area contributed by atoms with E-state index >= 15 is 0 Å². The Hall–Kier alpha value is -7.53. The number of anilines is 3. The Labute approximate surface area is 344 Å². The minimum absolute atomic E-state index is 0.633. The van der Waals surface area contributed by atoms with Crippen LogP contribution in [0.15, 0.2) is 229 Å². The fourth-order valence-corrected chi connectivity index (χ4v) is 11.2. The zero-order valence-electron chi connectivity index (χ0n) is 32.2. The maximum Gasteiger partial charge on any atom is 0.227 e. The van der Waals surface area contributed by atoms with Crippen LogP contribution in [-0.2, 0) is 0 Å². The quantitative estimate of drug-likeness (QED) is 0.0876. The second-order valence-corrected chi connectivity index (χ2v) is 17.4. The molecule has 1 aromatic heterocycles. The number of benzene rings is 10. The second-order valence-electron chi connectivity index (χ2n) is 14.9. The van der Waals surface area contributed by atoms with Gasteiger partial charge in [-0.15, -0.1) is 0 Å². The largest absolute Gasteiger partial charge is 0.435 e.